The number of likely N-dealkylation sites (tertiary alicyclic amines) is 1. The van der Waals surface area contributed by atoms with Crippen LogP contribution in [-0.4, -0.2) is 50.8 Å². The van der Waals surface area contributed by atoms with Gasteiger partial charge in [-0.25, -0.2) is 0 Å². The van der Waals surface area contributed by atoms with Crippen molar-refractivity contribution >= 4 is 0 Å². The van der Waals surface area contributed by atoms with Crippen LogP contribution in [-0.2, 0) is 4.74 Å². The zero-order valence-corrected chi connectivity index (χ0v) is 11.6. The first-order chi connectivity index (χ1) is 7.41. The molecule has 1 fully saturated rings. The standard InChI is InChI=1S/C13H28N2O/c1-12(2,16-5)6-8-15-9-7-13(3,11-15)10-14-4/h14H,6-11H2,1-5H3. The summed E-state index contributed by atoms with van der Waals surface area (Å²) in [5.41, 5.74) is 0.480. The molecule has 0 aromatic heterocycles. The Morgan fingerprint density at radius 2 is 2.12 bits per heavy atom. The third kappa shape index (κ3) is 4.04. The van der Waals surface area contributed by atoms with Crippen LogP contribution in [0.1, 0.15) is 33.6 Å². The molecule has 1 unspecified atom stereocenters. The highest BCUT2D eigenvalue weighted by atomic mass is 16.5. The minimum absolute atomic E-state index is 0.0159. The van der Waals surface area contributed by atoms with E-state index in [2.05, 4.69) is 31.0 Å². The van der Waals surface area contributed by atoms with E-state index in [1.54, 1.807) is 7.11 Å². The summed E-state index contributed by atoms with van der Waals surface area (Å²) in [5, 5.41) is 3.30. The third-order valence-corrected chi connectivity index (χ3v) is 3.82. The maximum Gasteiger partial charge on any atom is 0.0634 e. The predicted octanol–water partition coefficient (Wildman–Crippen LogP) is 1.73. The number of methoxy groups -OCH3 is 1. The average Bonchev–Trinajstić information content (AvgIpc) is 2.58. The fourth-order valence-electron chi connectivity index (χ4n) is 2.42. The summed E-state index contributed by atoms with van der Waals surface area (Å²) < 4.78 is 5.46. The summed E-state index contributed by atoms with van der Waals surface area (Å²) in [4.78, 5) is 2.57. The van der Waals surface area contributed by atoms with Crippen LogP contribution in [0, 0.1) is 5.41 Å². The topological polar surface area (TPSA) is 24.5 Å². The van der Waals surface area contributed by atoms with Crippen molar-refractivity contribution in [3.8, 4) is 0 Å². The lowest BCUT2D eigenvalue weighted by atomic mass is 9.90. The highest BCUT2D eigenvalue weighted by Gasteiger charge is 2.33. The third-order valence-electron chi connectivity index (χ3n) is 3.82. The fraction of sp³-hybridized carbons (Fsp3) is 1.00. The Balaban J connectivity index is 2.32. The van der Waals surface area contributed by atoms with Gasteiger partial charge in [0.1, 0.15) is 0 Å². The first-order valence-corrected chi connectivity index (χ1v) is 6.33. The molecule has 0 amide bonds. The molecule has 96 valence electrons. The van der Waals surface area contributed by atoms with E-state index in [9.17, 15) is 0 Å². The monoisotopic (exact) mass is 228 g/mol. The lowest BCUT2D eigenvalue weighted by molar-refractivity contribution is 0.00837. The zero-order valence-electron chi connectivity index (χ0n) is 11.6. The van der Waals surface area contributed by atoms with Crippen molar-refractivity contribution in [2.24, 2.45) is 5.41 Å². The quantitative estimate of drug-likeness (QED) is 0.749. The SMILES string of the molecule is CNCC1(C)CCN(CCC(C)(C)OC)C1. The first-order valence-electron chi connectivity index (χ1n) is 6.33. The molecular formula is C13H28N2O. The second-order valence-corrected chi connectivity index (χ2v) is 6.08. The van der Waals surface area contributed by atoms with Gasteiger partial charge in [-0.1, -0.05) is 6.92 Å². The summed E-state index contributed by atoms with van der Waals surface area (Å²) in [5.74, 6) is 0. The van der Waals surface area contributed by atoms with E-state index >= 15 is 0 Å². The molecule has 0 radical (unpaired) electrons. The minimum atomic E-state index is 0.0159. The van der Waals surface area contributed by atoms with Gasteiger partial charge in [0.15, 0.2) is 0 Å². The summed E-state index contributed by atoms with van der Waals surface area (Å²) in [7, 11) is 3.84. The van der Waals surface area contributed by atoms with Crippen LogP contribution < -0.4 is 5.32 Å². The summed E-state index contributed by atoms with van der Waals surface area (Å²) in [6.07, 6.45) is 2.42. The van der Waals surface area contributed by atoms with Crippen LogP contribution in [0.3, 0.4) is 0 Å². The number of hydrogen-bond acceptors (Lipinski definition) is 3. The van der Waals surface area contributed by atoms with Gasteiger partial charge >= 0.3 is 0 Å². The Morgan fingerprint density at radius 3 is 2.69 bits per heavy atom. The molecule has 1 aliphatic heterocycles. The lowest BCUT2D eigenvalue weighted by Crippen LogP contribution is -2.35. The number of rotatable bonds is 6. The summed E-state index contributed by atoms with van der Waals surface area (Å²) in [6.45, 7) is 11.4. The van der Waals surface area contributed by atoms with Gasteiger partial charge in [-0.2, -0.15) is 0 Å². The van der Waals surface area contributed by atoms with Gasteiger partial charge in [-0.15, -0.1) is 0 Å². The molecule has 0 bridgehead atoms. The molecule has 1 saturated heterocycles. The molecule has 1 rings (SSSR count). The molecule has 0 aromatic rings. The van der Waals surface area contributed by atoms with E-state index < -0.39 is 0 Å². The molecule has 1 aliphatic rings. The van der Waals surface area contributed by atoms with E-state index in [-0.39, 0.29) is 5.60 Å². The van der Waals surface area contributed by atoms with Crippen molar-refractivity contribution in [2.45, 2.75) is 39.2 Å². The molecule has 0 aromatic carbocycles. The molecule has 3 heteroatoms. The highest BCUT2D eigenvalue weighted by molar-refractivity contribution is 4.88. The van der Waals surface area contributed by atoms with E-state index in [4.69, 9.17) is 4.74 Å². The van der Waals surface area contributed by atoms with E-state index in [0.717, 1.165) is 19.5 Å². The second kappa shape index (κ2) is 5.48. The first kappa shape index (κ1) is 13.9. The van der Waals surface area contributed by atoms with Crippen LogP contribution in [0.2, 0.25) is 0 Å². The number of ether oxygens (including phenoxy) is 1. The Morgan fingerprint density at radius 1 is 1.44 bits per heavy atom. The Labute approximate surface area is 101 Å². The van der Waals surface area contributed by atoms with Crippen molar-refractivity contribution in [3.05, 3.63) is 0 Å². The van der Waals surface area contributed by atoms with E-state index in [1.807, 2.05) is 7.05 Å². The second-order valence-electron chi connectivity index (χ2n) is 6.08. The highest BCUT2D eigenvalue weighted by Crippen LogP contribution is 2.29. The smallest absolute Gasteiger partial charge is 0.0634 e. The molecular weight excluding hydrogens is 200 g/mol. The molecule has 1 atom stereocenters. The molecule has 3 nitrogen and oxygen atoms in total. The van der Waals surface area contributed by atoms with E-state index in [1.165, 1.54) is 19.5 Å². The molecule has 16 heavy (non-hydrogen) atoms. The average molecular weight is 228 g/mol. The Kier molecular flexibility index (Phi) is 4.77. The van der Waals surface area contributed by atoms with Crippen LogP contribution in [0.4, 0.5) is 0 Å². The van der Waals surface area contributed by atoms with Gasteiger partial charge in [-0.05, 0) is 45.7 Å². The fourth-order valence-corrected chi connectivity index (χ4v) is 2.42. The van der Waals surface area contributed by atoms with Crippen LogP contribution >= 0.6 is 0 Å². The Bertz CT molecular complexity index is 218. The van der Waals surface area contributed by atoms with E-state index in [0.29, 0.717) is 5.41 Å². The van der Waals surface area contributed by atoms with Crippen molar-refractivity contribution < 1.29 is 4.74 Å². The number of hydrogen-bond donors (Lipinski definition) is 1. The van der Waals surface area contributed by atoms with Gasteiger partial charge < -0.3 is 15.0 Å². The molecule has 1 heterocycles. The maximum atomic E-state index is 5.46. The predicted molar refractivity (Wildman–Crippen MR) is 68.8 cm³/mol. The lowest BCUT2D eigenvalue weighted by Gasteiger charge is -2.28. The van der Waals surface area contributed by atoms with Gasteiger partial charge in [0.25, 0.3) is 0 Å². The van der Waals surface area contributed by atoms with Crippen LogP contribution in [0.5, 0.6) is 0 Å². The number of nitrogens with zero attached hydrogens (tertiary/aromatic N) is 1. The minimum Gasteiger partial charge on any atom is -0.379 e. The Hall–Kier alpha value is -0.120. The normalized spacial score (nSPS) is 27.6. The van der Waals surface area contributed by atoms with Gasteiger partial charge in [0, 0.05) is 26.7 Å². The van der Waals surface area contributed by atoms with Crippen molar-refractivity contribution in [1.29, 1.82) is 0 Å². The van der Waals surface area contributed by atoms with Crippen LogP contribution in [0.25, 0.3) is 0 Å². The molecule has 1 N–H and O–H groups in total. The van der Waals surface area contributed by atoms with Crippen molar-refractivity contribution in [2.75, 3.05) is 40.3 Å². The molecule has 0 aliphatic carbocycles. The molecule has 0 saturated carbocycles. The van der Waals surface area contributed by atoms with Crippen LogP contribution in [0.15, 0.2) is 0 Å². The molecule has 0 spiro atoms. The zero-order chi connectivity index (χ0) is 12.2. The number of nitrogens with one attached hydrogen (secondary N) is 1. The van der Waals surface area contributed by atoms with Gasteiger partial charge in [0.05, 0.1) is 5.60 Å². The van der Waals surface area contributed by atoms with Gasteiger partial charge in [0.2, 0.25) is 0 Å². The largest absolute Gasteiger partial charge is 0.379 e. The summed E-state index contributed by atoms with van der Waals surface area (Å²) >= 11 is 0. The maximum absolute atomic E-state index is 5.46. The van der Waals surface area contributed by atoms with Crippen molar-refractivity contribution in [3.63, 3.8) is 0 Å². The summed E-state index contributed by atoms with van der Waals surface area (Å²) in [6, 6.07) is 0. The van der Waals surface area contributed by atoms with Gasteiger partial charge in [-0.3, -0.25) is 0 Å². The van der Waals surface area contributed by atoms with Crippen molar-refractivity contribution in [1.82, 2.24) is 10.2 Å².